The highest BCUT2D eigenvalue weighted by Gasteiger charge is 2.40. The largest absolute Gasteiger partial charge is 0.456 e. The second kappa shape index (κ2) is 8.38. The van der Waals surface area contributed by atoms with Crippen molar-refractivity contribution in [2.45, 2.75) is 23.8 Å². The number of Topliss-reactive ketones (excluding diaryl/α,β-unsaturated/α-hetero) is 1. The quantitative estimate of drug-likeness (QED) is 0.525. The SMILES string of the molecule is O=C(COC(=O)[C@H]1CCCN1S(=O)(=O)c1ccc(Cl)cc1)c1ccc(F)cc1. The van der Waals surface area contributed by atoms with Gasteiger partial charge in [0.05, 0.1) is 4.90 Å². The minimum absolute atomic E-state index is 0.0268. The van der Waals surface area contributed by atoms with E-state index in [2.05, 4.69) is 0 Å². The lowest BCUT2D eigenvalue weighted by molar-refractivity contribution is -0.146. The Hall–Kier alpha value is -2.29. The summed E-state index contributed by atoms with van der Waals surface area (Å²) in [5.74, 6) is -1.77. The van der Waals surface area contributed by atoms with Gasteiger partial charge >= 0.3 is 5.97 Å². The fourth-order valence-electron chi connectivity index (χ4n) is 2.96. The van der Waals surface area contributed by atoms with E-state index in [4.69, 9.17) is 16.3 Å². The molecule has 1 fully saturated rings. The zero-order valence-corrected chi connectivity index (χ0v) is 16.2. The first-order valence-corrected chi connectivity index (χ1v) is 10.3. The molecule has 1 heterocycles. The first-order chi connectivity index (χ1) is 13.3. The summed E-state index contributed by atoms with van der Waals surface area (Å²) in [4.78, 5) is 24.5. The van der Waals surface area contributed by atoms with Crippen LogP contribution in [0.3, 0.4) is 0 Å². The van der Waals surface area contributed by atoms with Crippen LogP contribution < -0.4 is 0 Å². The van der Waals surface area contributed by atoms with Crippen LogP contribution in [0.2, 0.25) is 5.02 Å². The molecule has 0 spiro atoms. The Bertz CT molecular complexity index is 976. The number of sulfonamides is 1. The first kappa shape index (κ1) is 20.4. The molecule has 1 aliphatic heterocycles. The summed E-state index contributed by atoms with van der Waals surface area (Å²) >= 11 is 5.80. The molecule has 2 aromatic rings. The van der Waals surface area contributed by atoms with Crippen molar-refractivity contribution in [2.24, 2.45) is 0 Å². The van der Waals surface area contributed by atoms with Crippen LogP contribution in [0.5, 0.6) is 0 Å². The lowest BCUT2D eigenvalue weighted by Gasteiger charge is -2.22. The van der Waals surface area contributed by atoms with Crippen molar-refractivity contribution in [2.75, 3.05) is 13.2 Å². The van der Waals surface area contributed by atoms with Gasteiger partial charge in [-0.2, -0.15) is 4.31 Å². The molecule has 0 unspecified atom stereocenters. The van der Waals surface area contributed by atoms with Crippen LogP contribution >= 0.6 is 11.6 Å². The molecule has 9 heteroatoms. The topological polar surface area (TPSA) is 80.8 Å². The molecule has 1 aliphatic rings. The second-order valence-corrected chi connectivity index (χ2v) is 8.59. The van der Waals surface area contributed by atoms with E-state index in [1.807, 2.05) is 0 Å². The van der Waals surface area contributed by atoms with Crippen molar-refractivity contribution >= 4 is 33.4 Å². The number of carbonyl (C=O) groups excluding carboxylic acids is 2. The summed E-state index contributed by atoms with van der Waals surface area (Å²) in [6, 6.07) is 9.50. The first-order valence-electron chi connectivity index (χ1n) is 8.52. The standard InChI is InChI=1S/C19H17ClFNO5S/c20-14-5-9-16(10-6-14)28(25,26)22-11-1-2-17(22)19(24)27-12-18(23)13-3-7-15(21)8-4-13/h3-10,17H,1-2,11-12H2/t17-/m1/s1. The van der Waals surface area contributed by atoms with Gasteiger partial charge in [0.2, 0.25) is 10.0 Å². The van der Waals surface area contributed by atoms with Gasteiger partial charge in [-0.15, -0.1) is 0 Å². The third-order valence-electron chi connectivity index (χ3n) is 4.41. The summed E-state index contributed by atoms with van der Waals surface area (Å²) in [6.45, 7) is -0.369. The Morgan fingerprint density at radius 2 is 1.75 bits per heavy atom. The average Bonchev–Trinajstić information content (AvgIpc) is 3.17. The number of ether oxygens (including phenoxy) is 1. The molecule has 0 N–H and O–H groups in total. The zero-order valence-electron chi connectivity index (χ0n) is 14.7. The third-order valence-corrected chi connectivity index (χ3v) is 6.58. The molecule has 2 aromatic carbocycles. The van der Waals surface area contributed by atoms with E-state index in [0.29, 0.717) is 17.9 Å². The molecule has 0 saturated carbocycles. The number of esters is 1. The summed E-state index contributed by atoms with van der Waals surface area (Å²) < 4.78 is 44.7. The Kier molecular flexibility index (Phi) is 6.12. The second-order valence-electron chi connectivity index (χ2n) is 6.27. The number of benzene rings is 2. The molecule has 0 radical (unpaired) electrons. The molecular formula is C19H17ClFNO5S. The van der Waals surface area contributed by atoms with Gasteiger partial charge in [-0.05, 0) is 61.4 Å². The van der Waals surface area contributed by atoms with E-state index >= 15 is 0 Å². The van der Waals surface area contributed by atoms with Crippen molar-refractivity contribution < 1.29 is 27.1 Å². The molecule has 1 atom stereocenters. The molecule has 148 valence electrons. The van der Waals surface area contributed by atoms with Crippen LogP contribution in [-0.4, -0.2) is 43.7 Å². The van der Waals surface area contributed by atoms with E-state index in [-0.39, 0.29) is 17.0 Å². The highest BCUT2D eigenvalue weighted by molar-refractivity contribution is 7.89. The lowest BCUT2D eigenvalue weighted by Crippen LogP contribution is -2.41. The van der Waals surface area contributed by atoms with Gasteiger partial charge < -0.3 is 4.74 Å². The van der Waals surface area contributed by atoms with Crippen molar-refractivity contribution in [1.82, 2.24) is 4.31 Å². The smallest absolute Gasteiger partial charge is 0.324 e. The van der Waals surface area contributed by atoms with E-state index < -0.39 is 40.2 Å². The fraction of sp³-hybridized carbons (Fsp3) is 0.263. The van der Waals surface area contributed by atoms with Crippen LogP contribution in [0.4, 0.5) is 4.39 Å². The van der Waals surface area contributed by atoms with Gasteiger partial charge in [-0.1, -0.05) is 11.6 Å². The van der Waals surface area contributed by atoms with Crippen LogP contribution in [0.25, 0.3) is 0 Å². The number of carbonyl (C=O) groups is 2. The molecule has 28 heavy (non-hydrogen) atoms. The summed E-state index contributed by atoms with van der Waals surface area (Å²) in [5, 5.41) is 0.399. The summed E-state index contributed by atoms with van der Waals surface area (Å²) in [7, 11) is -3.90. The van der Waals surface area contributed by atoms with Crippen molar-refractivity contribution in [3.63, 3.8) is 0 Å². The van der Waals surface area contributed by atoms with E-state index in [1.165, 1.54) is 36.4 Å². The summed E-state index contributed by atoms with van der Waals surface area (Å²) in [5.41, 5.74) is 0.200. The Morgan fingerprint density at radius 3 is 2.39 bits per heavy atom. The summed E-state index contributed by atoms with van der Waals surface area (Å²) in [6.07, 6.45) is 0.800. The highest BCUT2D eigenvalue weighted by Crippen LogP contribution is 2.27. The predicted molar refractivity (Wildman–Crippen MR) is 100 cm³/mol. The molecule has 1 saturated heterocycles. The van der Waals surface area contributed by atoms with Gasteiger partial charge in [0.15, 0.2) is 12.4 Å². The van der Waals surface area contributed by atoms with Crippen LogP contribution in [-0.2, 0) is 19.6 Å². The number of hydrogen-bond donors (Lipinski definition) is 0. The lowest BCUT2D eigenvalue weighted by atomic mass is 10.1. The maximum atomic E-state index is 12.9. The Balaban J connectivity index is 1.68. The Labute approximate surface area is 166 Å². The van der Waals surface area contributed by atoms with E-state index in [1.54, 1.807) is 0 Å². The highest BCUT2D eigenvalue weighted by atomic mass is 35.5. The van der Waals surface area contributed by atoms with Gasteiger partial charge in [-0.25, -0.2) is 12.8 Å². The van der Waals surface area contributed by atoms with E-state index in [9.17, 15) is 22.4 Å². The number of ketones is 1. The van der Waals surface area contributed by atoms with Crippen molar-refractivity contribution in [3.8, 4) is 0 Å². The maximum absolute atomic E-state index is 12.9. The molecule has 0 amide bonds. The number of halogens is 2. The molecule has 3 rings (SSSR count). The fourth-order valence-corrected chi connectivity index (χ4v) is 4.73. The molecular weight excluding hydrogens is 409 g/mol. The molecule has 0 aromatic heterocycles. The minimum Gasteiger partial charge on any atom is -0.456 e. The minimum atomic E-state index is -3.90. The van der Waals surface area contributed by atoms with Crippen LogP contribution in [0.1, 0.15) is 23.2 Å². The van der Waals surface area contributed by atoms with Gasteiger partial charge in [0.25, 0.3) is 0 Å². The van der Waals surface area contributed by atoms with Gasteiger partial charge in [-0.3, -0.25) is 9.59 Å². The maximum Gasteiger partial charge on any atom is 0.324 e. The van der Waals surface area contributed by atoms with Crippen molar-refractivity contribution in [3.05, 3.63) is 64.9 Å². The molecule has 6 nitrogen and oxygen atoms in total. The van der Waals surface area contributed by atoms with Gasteiger partial charge in [0.1, 0.15) is 11.9 Å². The molecule has 0 bridgehead atoms. The van der Waals surface area contributed by atoms with Gasteiger partial charge in [0, 0.05) is 17.1 Å². The number of hydrogen-bond acceptors (Lipinski definition) is 5. The predicted octanol–water partition coefficient (Wildman–Crippen LogP) is 3.06. The van der Waals surface area contributed by atoms with Crippen LogP contribution in [0.15, 0.2) is 53.4 Å². The van der Waals surface area contributed by atoms with Crippen LogP contribution in [0, 0.1) is 5.82 Å². The zero-order chi connectivity index (χ0) is 20.3. The number of rotatable bonds is 6. The van der Waals surface area contributed by atoms with E-state index in [0.717, 1.165) is 16.4 Å². The number of nitrogens with zero attached hydrogens (tertiary/aromatic N) is 1. The average molecular weight is 426 g/mol. The third kappa shape index (κ3) is 4.40. The van der Waals surface area contributed by atoms with Crippen molar-refractivity contribution in [1.29, 1.82) is 0 Å². The normalized spacial score (nSPS) is 17.4. The Morgan fingerprint density at radius 1 is 1.11 bits per heavy atom. The molecule has 0 aliphatic carbocycles. The monoisotopic (exact) mass is 425 g/mol.